The van der Waals surface area contributed by atoms with Crippen LogP contribution in [0, 0.1) is 0 Å². The van der Waals surface area contributed by atoms with E-state index in [2.05, 4.69) is 15.3 Å². The number of rotatable bonds is 4. The summed E-state index contributed by atoms with van der Waals surface area (Å²) in [5, 5.41) is 3.04. The molecule has 2 rings (SSSR count). The monoisotopic (exact) mass is 395 g/mol. The van der Waals surface area contributed by atoms with Gasteiger partial charge in [-0.1, -0.05) is 17.7 Å². The Kier molecular flexibility index (Phi) is 6.24. The highest BCUT2D eigenvalue weighted by atomic mass is 35.5. The van der Waals surface area contributed by atoms with E-state index in [1.165, 1.54) is 6.33 Å². The van der Waals surface area contributed by atoms with Crippen molar-refractivity contribution in [3.63, 3.8) is 0 Å². The Morgan fingerprint density at radius 1 is 1.30 bits per heavy atom. The third-order valence-corrected chi connectivity index (χ3v) is 4.74. The molecule has 0 radical (unpaired) electrons. The van der Waals surface area contributed by atoms with E-state index >= 15 is 0 Å². The molecule has 1 aromatic heterocycles. The summed E-state index contributed by atoms with van der Waals surface area (Å²) < 4.78 is 17.5. The maximum atomic E-state index is 12.1. The Morgan fingerprint density at radius 3 is 2.41 bits per heavy atom. The summed E-state index contributed by atoms with van der Waals surface area (Å²) in [4.78, 5) is 20.0. The molecule has 7 nitrogen and oxygen atoms in total. The molecule has 2 heterocycles. The summed E-state index contributed by atoms with van der Waals surface area (Å²) in [6.45, 7) is 13.4. The fourth-order valence-corrected chi connectivity index (χ4v) is 2.45. The first-order valence-corrected chi connectivity index (χ1v) is 9.17. The molecule has 9 heteroatoms. The maximum absolute atomic E-state index is 12.1. The quantitative estimate of drug-likeness (QED) is 0.618. The van der Waals surface area contributed by atoms with Gasteiger partial charge >= 0.3 is 13.2 Å². The predicted octanol–water partition coefficient (Wildman–Crippen LogP) is 3.67. The largest absolute Gasteiger partial charge is 0.492 e. The van der Waals surface area contributed by atoms with Gasteiger partial charge in [-0.15, -0.1) is 0 Å². The number of hydrogen-bond donors (Lipinski definition) is 1. The lowest BCUT2D eigenvalue weighted by Gasteiger charge is -2.32. The lowest BCUT2D eigenvalue weighted by molar-refractivity contribution is 0.00578. The van der Waals surface area contributed by atoms with Crippen molar-refractivity contribution in [2.45, 2.75) is 65.3 Å². The first kappa shape index (κ1) is 21.7. The second-order valence-corrected chi connectivity index (χ2v) is 8.79. The highest BCUT2D eigenvalue weighted by molar-refractivity contribution is 6.56. The Bertz CT molecular complexity index is 716. The van der Waals surface area contributed by atoms with E-state index in [1.54, 1.807) is 33.0 Å². The number of hydrogen-bond acceptors (Lipinski definition) is 6. The second kappa shape index (κ2) is 7.77. The molecule has 0 spiro atoms. The van der Waals surface area contributed by atoms with E-state index in [1.807, 2.05) is 27.7 Å². The van der Waals surface area contributed by atoms with Gasteiger partial charge in [0.25, 0.3) is 0 Å². The molecule has 1 aromatic rings. The molecule has 148 valence electrons. The van der Waals surface area contributed by atoms with Gasteiger partial charge in [-0.25, -0.2) is 14.8 Å². The Hall–Kier alpha value is -1.64. The third-order valence-electron chi connectivity index (χ3n) is 4.42. The van der Waals surface area contributed by atoms with Crippen LogP contribution in [0.4, 0.5) is 4.79 Å². The summed E-state index contributed by atoms with van der Waals surface area (Å²) in [5.74, 6) is 0. The van der Waals surface area contributed by atoms with E-state index in [0.29, 0.717) is 16.2 Å². The van der Waals surface area contributed by atoms with Crippen molar-refractivity contribution in [1.29, 1.82) is 0 Å². The van der Waals surface area contributed by atoms with E-state index in [4.69, 9.17) is 25.6 Å². The minimum absolute atomic E-state index is 0.164. The highest BCUT2D eigenvalue weighted by Gasteiger charge is 2.52. The molecule has 1 aliphatic rings. The van der Waals surface area contributed by atoms with Crippen LogP contribution in [-0.4, -0.2) is 46.5 Å². The van der Waals surface area contributed by atoms with Gasteiger partial charge in [-0.05, 0) is 53.9 Å². The zero-order chi connectivity index (χ0) is 20.5. The van der Waals surface area contributed by atoms with Gasteiger partial charge in [-0.3, -0.25) is 0 Å². The molecule has 0 atom stereocenters. The van der Waals surface area contributed by atoms with E-state index in [9.17, 15) is 4.79 Å². The van der Waals surface area contributed by atoms with E-state index in [0.717, 1.165) is 0 Å². The van der Waals surface area contributed by atoms with Crippen LogP contribution >= 0.6 is 11.6 Å². The van der Waals surface area contributed by atoms with Gasteiger partial charge in [-0.2, -0.15) is 0 Å². The Morgan fingerprint density at radius 2 is 1.89 bits per heavy atom. The molecule has 1 aliphatic heterocycles. The second-order valence-electron chi connectivity index (χ2n) is 8.43. The lowest BCUT2D eigenvalue weighted by Crippen LogP contribution is -2.41. The number of nitrogens with zero attached hydrogens (tertiary/aromatic N) is 2. The van der Waals surface area contributed by atoms with Crippen molar-refractivity contribution >= 4 is 30.9 Å². The van der Waals surface area contributed by atoms with Crippen LogP contribution in [-0.2, 0) is 14.0 Å². The van der Waals surface area contributed by atoms with Crippen LogP contribution in [0.5, 0.6) is 0 Å². The van der Waals surface area contributed by atoms with E-state index < -0.39 is 30.0 Å². The van der Waals surface area contributed by atoms with Gasteiger partial charge in [0.05, 0.1) is 11.2 Å². The summed E-state index contributed by atoms with van der Waals surface area (Å²) >= 11 is 6.15. The van der Waals surface area contributed by atoms with Crippen molar-refractivity contribution < 1.29 is 18.8 Å². The first-order valence-electron chi connectivity index (χ1n) is 8.79. The van der Waals surface area contributed by atoms with Gasteiger partial charge in [0.1, 0.15) is 17.1 Å². The molecule has 0 bridgehead atoms. The Balaban J connectivity index is 2.25. The van der Waals surface area contributed by atoms with Crippen LogP contribution in [0.2, 0.25) is 5.15 Å². The van der Waals surface area contributed by atoms with Crippen LogP contribution in [0.1, 0.15) is 54.0 Å². The summed E-state index contributed by atoms with van der Waals surface area (Å²) in [7, 11) is -0.652. The molecule has 1 saturated heterocycles. The van der Waals surface area contributed by atoms with Crippen molar-refractivity contribution in [2.24, 2.45) is 0 Å². The Labute approximate surface area is 166 Å². The van der Waals surface area contributed by atoms with Crippen molar-refractivity contribution in [1.82, 2.24) is 15.3 Å². The van der Waals surface area contributed by atoms with Gasteiger partial charge < -0.3 is 19.4 Å². The average Bonchev–Trinajstić information content (AvgIpc) is 2.71. The van der Waals surface area contributed by atoms with Gasteiger partial charge in [0, 0.05) is 18.3 Å². The van der Waals surface area contributed by atoms with Crippen LogP contribution < -0.4 is 5.32 Å². The van der Waals surface area contributed by atoms with Crippen LogP contribution in [0.3, 0.4) is 0 Å². The molecule has 1 N–H and O–H groups in total. The molecule has 1 amide bonds. The summed E-state index contributed by atoms with van der Waals surface area (Å²) in [6, 6.07) is 0. The topological polar surface area (TPSA) is 82.6 Å². The smallest absolute Gasteiger partial charge is 0.444 e. The van der Waals surface area contributed by atoms with Crippen molar-refractivity contribution in [3.05, 3.63) is 28.7 Å². The molecule has 27 heavy (non-hydrogen) atoms. The summed E-state index contributed by atoms with van der Waals surface area (Å²) in [5.41, 5.74) is -0.333. The number of ether oxygens (including phenoxy) is 1. The molecule has 0 aliphatic carbocycles. The minimum atomic E-state index is -0.652. The van der Waals surface area contributed by atoms with Crippen molar-refractivity contribution in [3.8, 4) is 0 Å². The molecular formula is C18H27BClN3O4. The lowest BCUT2D eigenvalue weighted by atomic mass is 9.77. The minimum Gasteiger partial charge on any atom is -0.444 e. The zero-order valence-corrected chi connectivity index (χ0v) is 17.7. The maximum Gasteiger partial charge on any atom is 0.492 e. The zero-order valence-electron chi connectivity index (χ0n) is 16.9. The number of carbonyl (C=O) groups excluding carboxylic acids is 1. The molecular weight excluding hydrogens is 368 g/mol. The van der Waals surface area contributed by atoms with Crippen LogP contribution in [0.15, 0.2) is 18.0 Å². The standard InChI is InChI=1S/C18H27BClN3O4/c1-16(2,3)25-15(24)22-10-13(8-12-9-21-11-23-14(12)20)19-26-17(4,5)18(6,7)27-19/h8-9,11H,10H2,1-7H3,(H,22,24). The van der Waals surface area contributed by atoms with Crippen LogP contribution in [0.25, 0.3) is 6.08 Å². The molecule has 0 aromatic carbocycles. The van der Waals surface area contributed by atoms with Gasteiger partial charge in [0.15, 0.2) is 0 Å². The van der Waals surface area contributed by atoms with Crippen molar-refractivity contribution in [2.75, 3.05) is 6.54 Å². The fourth-order valence-electron chi connectivity index (χ4n) is 2.31. The third kappa shape index (κ3) is 5.67. The van der Waals surface area contributed by atoms with E-state index in [-0.39, 0.29) is 6.54 Å². The predicted molar refractivity (Wildman–Crippen MR) is 105 cm³/mol. The number of alkyl carbamates (subject to hydrolysis) is 1. The first-order chi connectivity index (χ1) is 12.3. The summed E-state index contributed by atoms with van der Waals surface area (Å²) in [6.07, 6.45) is 4.20. The highest BCUT2D eigenvalue weighted by Crippen LogP contribution is 2.38. The number of nitrogens with one attached hydrogen (secondary N) is 1. The molecule has 1 fully saturated rings. The number of halogens is 1. The number of carbonyl (C=O) groups is 1. The molecule has 0 unspecified atom stereocenters. The number of aromatic nitrogens is 2. The van der Waals surface area contributed by atoms with Gasteiger partial charge in [0.2, 0.25) is 0 Å². The normalized spacial score (nSPS) is 19.1. The molecule has 0 saturated carbocycles. The average molecular weight is 396 g/mol. The fraction of sp³-hybridized carbons (Fsp3) is 0.611. The number of amides is 1. The SMILES string of the molecule is CC(C)(C)OC(=O)NCC(=Cc1cncnc1Cl)B1OC(C)(C)C(C)(C)O1.